The third-order valence-electron chi connectivity index (χ3n) is 2.79. The molecule has 0 spiro atoms. The van der Waals surface area contributed by atoms with E-state index in [9.17, 15) is 14.7 Å². The van der Waals surface area contributed by atoms with Crippen molar-refractivity contribution in [3.63, 3.8) is 0 Å². The maximum Gasteiger partial charge on any atom is 0.338 e. The number of carbonyl (C=O) groups is 2. The van der Waals surface area contributed by atoms with Gasteiger partial charge < -0.3 is 10.4 Å². The van der Waals surface area contributed by atoms with Gasteiger partial charge in [-0.1, -0.05) is 12.1 Å². The first-order valence-electron chi connectivity index (χ1n) is 5.63. The summed E-state index contributed by atoms with van der Waals surface area (Å²) >= 11 is 0. The van der Waals surface area contributed by atoms with E-state index >= 15 is 0 Å². The van der Waals surface area contributed by atoms with Crippen molar-refractivity contribution < 1.29 is 14.7 Å². The van der Waals surface area contributed by atoms with Crippen LogP contribution in [-0.4, -0.2) is 26.8 Å². The number of carboxylic acid groups (broad SMARTS) is 1. The number of amides is 1. The molecule has 0 aliphatic heterocycles. The van der Waals surface area contributed by atoms with Crippen LogP contribution in [0.4, 0.5) is 5.69 Å². The van der Waals surface area contributed by atoms with Gasteiger partial charge in [0, 0.05) is 13.2 Å². The normalized spacial score (nSPS) is 10.2. The molecule has 2 aromatic rings. The van der Waals surface area contributed by atoms with Crippen LogP contribution in [0.5, 0.6) is 0 Å². The molecule has 2 N–H and O–H groups in total. The minimum Gasteiger partial charge on any atom is -0.478 e. The van der Waals surface area contributed by atoms with Crippen molar-refractivity contribution in [2.45, 2.75) is 6.92 Å². The third kappa shape index (κ3) is 2.47. The molecule has 6 heteroatoms. The molecule has 1 amide bonds. The number of carbonyl (C=O) groups excluding carboxylic acids is 1. The van der Waals surface area contributed by atoms with Gasteiger partial charge in [0.15, 0.2) is 0 Å². The smallest absolute Gasteiger partial charge is 0.338 e. The van der Waals surface area contributed by atoms with E-state index in [1.807, 2.05) is 0 Å². The predicted octanol–water partition coefficient (Wildman–Crippen LogP) is 1.68. The number of benzene rings is 1. The molecule has 98 valence electrons. The summed E-state index contributed by atoms with van der Waals surface area (Å²) in [5.41, 5.74) is 1.32. The molecule has 1 aromatic heterocycles. The van der Waals surface area contributed by atoms with Gasteiger partial charge in [0.2, 0.25) is 0 Å². The lowest BCUT2D eigenvalue weighted by atomic mass is 10.1. The maximum atomic E-state index is 12.0. The monoisotopic (exact) mass is 259 g/mol. The molecule has 0 aliphatic carbocycles. The molecule has 0 aliphatic rings. The molecule has 0 atom stereocenters. The van der Waals surface area contributed by atoms with Crippen LogP contribution < -0.4 is 5.32 Å². The van der Waals surface area contributed by atoms with E-state index in [-0.39, 0.29) is 11.3 Å². The molecule has 0 bridgehead atoms. The number of rotatable bonds is 3. The number of carboxylic acids is 1. The number of nitrogens with one attached hydrogen (secondary N) is 1. The summed E-state index contributed by atoms with van der Waals surface area (Å²) in [6, 6.07) is 6.50. The van der Waals surface area contributed by atoms with Crippen LogP contribution >= 0.6 is 0 Å². The fourth-order valence-corrected chi connectivity index (χ4v) is 1.84. The number of aromatic nitrogens is 2. The standard InChI is InChI=1S/C13H13N3O3/c1-8-4-3-5-9(11(8)13(18)19)15-12(17)10-6-7-14-16(10)2/h3-7H,1-2H3,(H,15,17)(H,18,19). The Kier molecular flexibility index (Phi) is 3.33. The fourth-order valence-electron chi connectivity index (χ4n) is 1.84. The molecule has 0 unspecified atom stereocenters. The molecular weight excluding hydrogens is 246 g/mol. The van der Waals surface area contributed by atoms with E-state index in [4.69, 9.17) is 0 Å². The van der Waals surface area contributed by atoms with E-state index in [0.717, 1.165) is 0 Å². The number of aromatic carboxylic acids is 1. The Morgan fingerprint density at radius 2 is 2.05 bits per heavy atom. The summed E-state index contributed by atoms with van der Waals surface area (Å²) in [7, 11) is 1.64. The maximum absolute atomic E-state index is 12.0. The van der Waals surface area contributed by atoms with Crippen molar-refractivity contribution in [2.75, 3.05) is 5.32 Å². The highest BCUT2D eigenvalue weighted by atomic mass is 16.4. The Morgan fingerprint density at radius 1 is 1.32 bits per heavy atom. The Morgan fingerprint density at radius 3 is 2.63 bits per heavy atom. The van der Waals surface area contributed by atoms with E-state index in [0.29, 0.717) is 11.3 Å². The highest BCUT2D eigenvalue weighted by Crippen LogP contribution is 2.20. The minimum absolute atomic E-state index is 0.0954. The molecule has 1 heterocycles. The summed E-state index contributed by atoms with van der Waals surface area (Å²) in [6.45, 7) is 1.68. The first kappa shape index (κ1) is 12.8. The summed E-state index contributed by atoms with van der Waals surface area (Å²) in [6.07, 6.45) is 1.50. The third-order valence-corrected chi connectivity index (χ3v) is 2.79. The van der Waals surface area contributed by atoms with E-state index < -0.39 is 11.9 Å². The minimum atomic E-state index is -1.07. The van der Waals surface area contributed by atoms with Crippen LogP contribution in [0.3, 0.4) is 0 Å². The van der Waals surface area contributed by atoms with Gasteiger partial charge in [-0.15, -0.1) is 0 Å². The van der Waals surface area contributed by atoms with Crippen molar-refractivity contribution in [1.29, 1.82) is 0 Å². The Labute approximate surface area is 109 Å². The number of anilines is 1. The SMILES string of the molecule is Cc1cccc(NC(=O)c2ccnn2C)c1C(=O)O. The lowest BCUT2D eigenvalue weighted by molar-refractivity contribution is 0.0697. The van der Waals surface area contributed by atoms with Crippen LogP contribution in [-0.2, 0) is 7.05 Å². The first-order valence-corrected chi connectivity index (χ1v) is 5.63. The largest absolute Gasteiger partial charge is 0.478 e. The number of hydrogen-bond acceptors (Lipinski definition) is 3. The summed E-state index contributed by atoms with van der Waals surface area (Å²) in [5, 5.41) is 15.7. The van der Waals surface area contributed by atoms with Crippen LogP contribution in [0, 0.1) is 6.92 Å². The van der Waals surface area contributed by atoms with Crippen molar-refractivity contribution >= 4 is 17.6 Å². The Bertz CT molecular complexity index is 646. The zero-order valence-corrected chi connectivity index (χ0v) is 10.5. The lowest BCUT2D eigenvalue weighted by Gasteiger charge is -2.10. The molecule has 0 saturated carbocycles. The van der Waals surface area contributed by atoms with Gasteiger partial charge in [-0.05, 0) is 24.6 Å². The zero-order chi connectivity index (χ0) is 14.0. The van der Waals surface area contributed by atoms with Crippen LogP contribution in [0.15, 0.2) is 30.5 Å². The van der Waals surface area contributed by atoms with Gasteiger partial charge in [0.1, 0.15) is 5.69 Å². The second-order valence-electron chi connectivity index (χ2n) is 4.10. The Hall–Kier alpha value is -2.63. The number of nitrogens with zero attached hydrogens (tertiary/aromatic N) is 2. The average molecular weight is 259 g/mol. The highest BCUT2D eigenvalue weighted by Gasteiger charge is 2.16. The van der Waals surface area contributed by atoms with E-state index in [2.05, 4.69) is 10.4 Å². The summed E-state index contributed by atoms with van der Waals surface area (Å²) < 4.78 is 1.42. The topological polar surface area (TPSA) is 84.2 Å². The summed E-state index contributed by atoms with van der Waals surface area (Å²) in [4.78, 5) is 23.2. The highest BCUT2D eigenvalue weighted by molar-refractivity contribution is 6.07. The predicted molar refractivity (Wildman–Crippen MR) is 69.3 cm³/mol. The van der Waals surface area contributed by atoms with Gasteiger partial charge in [-0.3, -0.25) is 9.48 Å². The fraction of sp³-hybridized carbons (Fsp3) is 0.154. The Balaban J connectivity index is 2.35. The molecule has 1 aromatic carbocycles. The second kappa shape index (κ2) is 4.93. The van der Waals surface area contributed by atoms with E-state index in [1.54, 1.807) is 38.2 Å². The number of hydrogen-bond donors (Lipinski definition) is 2. The molecule has 0 saturated heterocycles. The van der Waals surface area contributed by atoms with Crippen LogP contribution in [0.1, 0.15) is 26.4 Å². The average Bonchev–Trinajstić information content (AvgIpc) is 2.75. The summed E-state index contributed by atoms with van der Waals surface area (Å²) in [5.74, 6) is -1.47. The van der Waals surface area contributed by atoms with Gasteiger partial charge in [0.05, 0.1) is 11.3 Å². The molecule has 6 nitrogen and oxygen atoms in total. The van der Waals surface area contributed by atoms with Gasteiger partial charge in [-0.2, -0.15) is 5.10 Å². The first-order chi connectivity index (χ1) is 9.00. The molecule has 19 heavy (non-hydrogen) atoms. The second-order valence-corrected chi connectivity index (χ2v) is 4.10. The van der Waals surface area contributed by atoms with Crippen LogP contribution in [0.25, 0.3) is 0 Å². The number of aryl methyl sites for hydroxylation is 2. The molecule has 0 radical (unpaired) electrons. The van der Waals surface area contributed by atoms with Gasteiger partial charge in [0.25, 0.3) is 5.91 Å². The van der Waals surface area contributed by atoms with Crippen molar-refractivity contribution in [3.05, 3.63) is 47.3 Å². The van der Waals surface area contributed by atoms with Gasteiger partial charge >= 0.3 is 5.97 Å². The lowest BCUT2D eigenvalue weighted by Crippen LogP contribution is -2.18. The zero-order valence-electron chi connectivity index (χ0n) is 10.5. The van der Waals surface area contributed by atoms with Gasteiger partial charge in [-0.25, -0.2) is 4.79 Å². The van der Waals surface area contributed by atoms with Crippen molar-refractivity contribution in [3.8, 4) is 0 Å². The quantitative estimate of drug-likeness (QED) is 0.878. The molecular formula is C13H13N3O3. The van der Waals surface area contributed by atoms with E-state index in [1.165, 1.54) is 10.9 Å². The molecule has 2 rings (SSSR count). The van der Waals surface area contributed by atoms with Crippen LogP contribution in [0.2, 0.25) is 0 Å². The van der Waals surface area contributed by atoms with Crippen molar-refractivity contribution in [2.24, 2.45) is 7.05 Å². The molecule has 0 fully saturated rings. The van der Waals surface area contributed by atoms with Crippen molar-refractivity contribution in [1.82, 2.24) is 9.78 Å².